The van der Waals surface area contributed by atoms with Crippen LogP contribution in [0.25, 0.3) is 10.1 Å². The summed E-state index contributed by atoms with van der Waals surface area (Å²) >= 11 is 11.3. The van der Waals surface area contributed by atoms with Crippen molar-refractivity contribution in [1.29, 1.82) is 0 Å². The molecule has 1 heterocycles. The van der Waals surface area contributed by atoms with Crippen LogP contribution in [0, 0.1) is 0 Å². The Morgan fingerprint density at radius 1 is 1.36 bits per heavy atom. The van der Waals surface area contributed by atoms with Crippen LogP contribution in [0.5, 0.6) is 0 Å². The summed E-state index contributed by atoms with van der Waals surface area (Å²) in [6, 6.07) is 2.84. The molecule has 0 aliphatic carbocycles. The highest BCUT2D eigenvalue weighted by Gasteiger charge is 2.15. The maximum absolute atomic E-state index is 12.6. The number of benzene rings is 1. The molecule has 0 spiro atoms. The first-order valence-electron chi connectivity index (χ1n) is 3.78. The predicted octanol–water partition coefficient (Wildman–Crippen LogP) is 4.78. The maximum Gasteiger partial charge on any atom is 0.265 e. The number of halogens is 3. The van der Waals surface area contributed by atoms with E-state index >= 15 is 0 Å². The highest BCUT2D eigenvalue weighted by molar-refractivity contribution is 7.80. The molecule has 0 aliphatic rings. The molecular formula is C9H5ClF2S2. The molecule has 1 aromatic heterocycles. The summed E-state index contributed by atoms with van der Waals surface area (Å²) in [6.07, 6.45) is -2.47. The van der Waals surface area contributed by atoms with Gasteiger partial charge in [-0.2, -0.15) is 0 Å². The third-order valence-corrected chi connectivity index (χ3v) is 3.79. The van der Waals surface area contributed by atoms with Crippen LogP contribution < -0.4 is 0 Å². The van der Waals surface area contributed by atoms with Gasteiger partial charge in [0.2, 0.25) is 0 Å². The molecule has 1 aromatic carbocycles. The quantitative estimate of drug-likeness (QED) is 0.692. The summed E-state index contributed by atoms with van der Waals surface area (Å²) in [5, 5.41) is 2.80. The first-order valence-corrected chi connectivity index (χ1v) is 5.48. The monoisotopic (exact) mass is 250 g/mol. The van der Waals surface area contributed by atoms with E-state index in [1.165, 1.54) is 23.5 Å². The molecule has 0 N–H and O–H groups in total. The molecule has 14 heavy (non-hydrogen) atoms. The highest BCUT2D eigenvalue weighted by Crippen LogP contribution is 2.39. The van der Waals surface area contributed by atoms with Gasteiger partial charge in [0.25, 0.3) is 6.43 Å². The number of thiol groups is 1. The van der Waals surface area contributed by atoms with Crippen molar-refractivity contribution in [2.24, 2.45) is 0 Å². The van der Waals surface area contributed by atoms with E-state index in [0.717, 1.165) is 0 Å². The Labute approximate surface area is 93.9 Å². The Balaban J connectivity index is 2.83. The zero-order valence-electron chi connectivity index (χ0n) is 6.80. The zero-order chi connectivity index (χ0) is 10.3. The minimum atomic E-state index is -2.47. The van der Waals surface area contributed by atoms with E-state index in [2.05, 4.69) is 12.6 Å². The van der Waals surface area contributed by atoms with Gasteiger partial charge in [0.15, 0.2) is 0 Å². The van der Waals surface area contributed by atoms with E-state index in [0.29, 0.717) is 20.0 Å². The molecule has 0 radical (unpaired) electrons. The highest BCUT2D eigenvalue weighted by atomic mass is 35.5. The van der Waals surface area contributed by atoms with Gasteiger partial charge in [0.05, 0.1) is 5.02 Å². The number of hydrogen-bond donors (Lipinski definition) is 1. The lowest BCUT2D eigenvalue weighted by Crippen LogP contribution is -1.83. The summed E-state index contributed by atoms with van der Waals surface area (Å²) in [4.78, 5) is 0.650. The van der Waals surface area contributed by atoms with Gasteiger partial charge in [-0.1, -0.05) is 17.7 Å². The number of alkyl halides is 2. The molecule has 0 saturated heterocycles. The summed E-state index contributed by atoms with van der Waals surface area (Å²) in [7, 11) is 0. The smallest absolute Gasteiger partial charge is 0.205 e. The SMILES string of the molecule is FC(F)c1ccc(Cl)c2c(S)csc12. The third kappa shape index (κ3) is 1.51. The molecule has 74 valence electrons. The van der Waals surface area contributed by atoms with Crippen molar-refractivity contribution in [3.8, 4) is 0 Å². The third-order valence-electron chi connectivity index (χ3n) is 1.92. The van der Waals surface area contributed by atoms with Crippen LogP contribution in [-0.4, -0.2) is 0 Å². The molecule has 2 aromatic rings. The second-order valence-electron chi connectivity index (χ2n) is 2.76. The summed E-state index contributed by atoms with van der Waals surface area (Å²) in [5.41, 5.74) is 0.0229. The lowest BCUT2D eigenvalue weighted by atomic mass is 10.2. The summed E-state index contributed by atoms with van der Waals surface area (Å²) < 4.78 is 25.7. The topological polar surface area (TPSA) is 0 Å². The molecular weight excluding hydrogens is 246 g/mol. The molecule has 0 bridgehead atoms. The van der Waals surface area contributed by atoms with Crippen molar-refractivity contribution in [2.75, 3.05) is 0 Å². The number of thiophene rings is 1. The zero-order valence-corrected chi connectivity index (χ0v) is 9.27. The molecule has 0 fully saturated rings. The van der Waals surface area contributed by atoms with Crippen molar-refractivity contribution in [3.63, 3.8) is 0 Å². The Kier molecular flexibility index (Phi) is 2.68. The van der Waals surface area contributed by atoms with Crippen LogP contribution in [0.2, 0.25) is 5.02 Å². The van der Waals surface area contributed by atoms with Crippen molar-refractivity contribution in [3.05, 3.63) is 28.1 Å². The molecule has 5 heteroatoms. The van der Waals surface area contributed by atoms with Gasteiger partial charge < -0.3 is 0 Å². The van der Waals surface area contributed by atoms with Gasteiger partial charge >= 0.3 is 0 Å². The average molecular weight is 251 g/mol. The van der Waals surface area contributed by atoms with Gasteiger partial charge in [-0.3, -0.25) is 0 Å². The largest absolute Gasteiger partial charge is 0.265 e. The number of fused-ring (bicyclic) bond motifs is 1. The van der Waals surface area contributed by atoms with Gasteiger partial charge in [0, 0.05) is 25.9 Å². The first kappa shape index (κ1) is 10.2. The van der Waals surface area contributed by atoms with E-state index in [-0.39, 0.29) is 5.56 Å². The van der Waals surface area contributed by atoms with Crippen molar-refractivity contribution in [2.45, 2.75) is 11.3 Å². The maximum atomic E-state index is 12.6. The van der Waals surface area contributed by atoms with Crippen LogP contribution in [0.15, 0.2) is 22.4 Å². The number of hydrogen-bond acceptors (Lipinski definition) is 2. The second-order valence-corrected chi connectivity index (χ2v) is 4.53. The van der Waals surface area contributed by atoms with E-state index in [1.807, 2.05) is 0 Å². The van der Waals surface area contributed by atoms with Crippen molar-refractivity contribution >= 4 is 45.7 Å². The molecule has 0 saturated carbocycles. The molecule has 0 nitrogen and oxygen atoms in total. The van der Waals surface area contributed by atoms with Crippen LogP contribution in [0.4, 0.5) is 8.78 Å². The Morgan fingerprint density at radius 2 is 2.07 bits per heavy atom. The first-order chi connectivity index (χ1) is 6.61. The molecule has 2 rings (SSSR count). The lowest BCUT2D eigenvalue weighted by molar-refractivity contribution is 0.153. The summed E-state index contributed by atoms with van der Waals surface area (Å²) in [6.45, 7) is 0. The van der Waals surface area contributed by atoms with E-state index in [9.17, 15) is 8.78 Å². The fraction of sp³-hybridized carbons (Fsp3) is 0.111. The van der Waals surface area contributed by atoms with Gasteiger partial charge in [-0.05, 0) is 6.07 Å². The standard InChI is InChI=1S/C9H5ClF2S2/c10-5-2-1-4(9(11)12)8-7(5)6(13)3-14-8/h1-3,9,13H. The van der Waals surface area contributed by atoms with Gasteiger partial charge in [-0.25, -0.2) is 8.78 Å². The van der Waals surface area contributed by atoms with E-state index < -0.39 is 6.43 Å². The van der Waals surface area contributed by atoms with Crippen LogP contribution in [0.1, 0.15) is 12.0 Å². The molecule has 0 aliphatic heterocycles. The van der Waals surface area contributed by atoms with E-state index in [4.69, 9.17) is 11.6 Å². The lowest BCUT2D eigenvalue weighted by Gasteiger charge is -2.02. The van der Waals surface area contributed by atoms with Crippen LogP contribution in [0.3, 0.4) is 0 Å². The fourth-order valence-electron chi connectivity index (χ4n) is 1.29. The normalized spacial score (nSPS) is 11.5. The average Bonchev–Trinajstić information content (AvgIpc) is 2.49. The predicted molar refractivity (Wildman–Crippen MR) is 59.0 cm³/mol. The minimum absolute atomic E-state index is 0.0229. The summed E-state index contributed by atoms with van der Waals surface area (Å²) in [5.74, 6) is 0. The molecule has 0 unspecified atom stereocenters. The molecule has 0 amide bonds. The van der Waals surface area contributed by atoms with Crippen molar-refractivity contribution in [1.82, 2.24) is 0 Å². The van der Waals surface area contributed by atoms with E-state index in [1.54, 1.807) is 5.38 Å². The van der Waals surface area contributed by atoms with Crippen molar-refractivity contribution < 1.29 is 8.78 Å². The number of rotatable bonds is 1. The Hall–Kier alpha value is -0.320. The van der Waals surface area contributed by atoms with Gasteiger partial charge in [-0.15, -0.1) is 24.0 Å². The Morgan fingerprint density at radius 3 is 2.71 bits per heavy atom. The minimum Gasteiger partial charge on any atom is -0.205 e. The van der Waals surface area contributed by atoms with Crippen LogP contribution >= 0.6 is 35.6 Å². The van der Waals surface area contributed by atoms with Gasteiger partial charge in [0.1, 0.15) is 0 Å². The van der Waals surface area contributed by atoms with Crippen LogP contribution in [-0.2, 0) is 0 Å². The fourth-order valence-corrected chi connectivity index (χ4v) is 3.11. The molecule has 0 atom stereocenters. The second kappa shape index (κ2) is 3.68. The Bertz CT molecular complexity index is 479.